The van der Waals surface area contributed by atoms with E-state index >= 15 is 0 Å². The predicted octanol–water partition coefficient (Wildman–Crippen LogP) is 2.92. The average Bonchev–Trinajstić information content (AvgIpc) is 3.35. The fourth-order valence-electron chi connectivity index (χ4n) is 4.79. The third-order valence-electron chi connectivity index (χ3n) is 6.08. The van der Waals surface area contributed by atoms with E-state index in [1.165, 1.54) is 0 Å². The van der Waals surface area contributed by atoms with Crippen molar-refractivity contribution in [3.8, 4) is 28.7 Å². The summed E-state index contributed by atoms with van der Waals surface area (Å²) in [6.07, 6.45) is 0.767. The average molecular weight is 398 g/mol. The van der Waals surface area contributed by atoms with Crippen LogP contribution in [0.15, 0.2) is 24.3 Å². The van der Waals surface area contributed by atoms with Crippen LogP contribution in [0.1, 0.15) is 22.6 Å². The minimum atomic E-state index is -0.273. The smallest absolute Gasteiger partial charge is 0.310 e. The van der Waals surface area contributed by atoms with Crippen LogP contribution in [0.2, 0.25) is 0 Å². The molecule has 0 amide bonds. The Labute approximate surface area is 168 Å². The van der Waals surface area contributed by atoms with Gasteiger partial charge < -0.3 is 28.4 Å². The first-order valence-corrected chi connectivity index (χ1v) is 9.53. The van der Waals surface area contributed by atoms with Gasteiger partial charge in [-0.15, -0.1) is 0 Å². The van der Waals surface area contributed by atoms with Gasteiger partial charge in [0.05, 0.1) is 33.9 Å². The minimum Gasteiger partial charge on any atom is -0.493 e. The Morgan fingerprint density at radius 3 is 2.24 bits per heavy atom. The molecule has 0 spiro atoms. The molecule has 0 saturated carbocycles. The van der Waals surface area contributed by atoms with E-state index < -0.39 is 0 Å². The lowest BCUT2D eigenvalue weighted by Crippen LogP contribution is -2.31. The maximum atomic E-state index is 12.7. The Balaban J connectivity index is 1.71. The zero-order chi connectivity index (χ0) is 20.1. The highest BCUT2D eigenvalue weighted by Crippen LogP contribution is 2.52. The molecule has 0 N–H and O–H groups in total. The molecule has 0 bridgehead atoms. The van der Waals surface area contributed by atoms with Gasteiger partial charge in [-0.1, -0.05) is 0 Å². The fraction of sp³-hybridized carbons (Fsp3) is 0.409. The summed E-state index contributed by atoms with van der Waals surface area (Å²) < 4.78 is 33.2. The SMILES string of the molecule is COc1cc([C@H]2c3cc4c(cc3C[C@@H]3COC(=O)[C@H]32)OCO4)cc(OC)c1OC. The number of benzene rings is 2. The molecule has 2 aromatic carbocycles. The molecule has 1 saturated heterocycles. The van der Waals surface area contributed by atoms with Gasteiger partial charge >= 0.3 is 5.97 Å². The second-order valence-electron chi connectivity index (χ2n) is 7.46. The van der Waals surface area contributed by atoms with Gasteiger partial charge in [0.25, 0.3) is 0 Å². The molecule has 2 heterocycles. The summed E-state index contributed by atoms with van der Waals surface area (Å²) in [5.41, 5.74) is 3.10. The lowest BCUT2D eigenvalue weighted by molar-refractivity contribution is -0.141. The van der Waals surface area contributed by atoms with Gasteiger partial charge in [0.2, 0.25) is 12.5 Å². The van der Waals surface area contributed by atoms with Crippen LogP contribution in [0, 0.1) is 11.8 Å². The van der Waals surface area contributed by atoms with Crippen LogP contribution < -0.4 is 23.7 Å². The molecule has 2 aromatic rings. The topological polar surface area (TPSA) is 72.5 Å². The zero-order valence-corrected chi connectivity index (χ0v) is 16.5. The molecule has 7 heteroatoms. The van der Waals surface area contributed by atoms with Crippen LogP contribution in [0.5, 0.6) is 28.7 Å². The van der Waals surface area contributed by atoms with Crippen molar-refractivity contribution in [2.75, 3.05) is 34.7 Å². The highest BCUT2D eigenvalue weighted by atomic mass is 16.7. The van der Waals surface area contributed by atoms with E-state index in [9.17, 15) is 4.79 Å². The van der Waals surface area contributed by atoms with E-state index in [-0.39, 0.29) is 30.5 Å². The molecule has 0 aromatic heterocycles. The molecule has 29 heavy (non-hydrogen) atoms. The monoisotopic (exact) mass is 398 g/mol. The number of hydrogen-bond donors (Lipinski definition) is 0. The van der Waals surface area contributed by atoms with E-state index in [4.69, 9.17) is 28.4 Å². The summed E-state index contributed by atoms with van der Waals surface area (Å²) in [6.45, 7) is 0.639. The summed E-state index contributed by atoms with van der Waals surface area (Å²) in [4.78, 5) is 12.7. The quantitative estimate of drug-likeness (QED) is 0.733. The highest BCUT2D eigenvalue weighted by molar-refractivity contribution is 5.78. The maximum Gasteiger partial charge on any atom is 0.310 e. The molecule has 0 radical (unpaired) electrons. The van der Waals surface area contributed by atoms with Crippen molar-refractivity contribution in [2.45, 2.75) is 12.3 Å². The largest absolute Gasteiger partial charge is 0.493 e. The first kappa shape index (κ1) is 18.0. The number of esters is 1. The number of rotatable bonds is 4. The van der Waals surface area contributed by atoms with Crippen molar-refractivity contribution in [1.82, 2.24) is 0 Å². The first-order valence-electron chi connectivity index (χ1n) is 9.53. The van der Waals surface area contributed by atoms with Crippen LogP contribution in [-0.4, -0.2) is 40.7 Å². The standard InChI is InChI=1S/C22H22O7/c1-24-17-6-12(7-18(25-2)21(17)26-3)19-14-8-16-15(28-10-29-16)5-11(14)4-13-9-27-22(23)20(13)19/h5-8,13,19-20H,4,9-10H2,1-3H3/t13-,19+,20-/m1/s1. The Hall–Kier alpha value is -3.09. The van der Waals surface area contributed by atoms with E-state index in [1.807, 2.05) is 24.3 Å². The zero-order valence-electron chi connectivity index (χ0n) is 16.5. The van der Waals surface area contributed by atoms with Gasteiger partial charge in [0.15, 0.2) is 23.0 Å². The number of methoxy groups -OCH3 is 3. The molecule has 7 nitrogen and oxygen atoms in total. The molecular formula is C22H22O7. The second kappa shape index (κ2) is 6.76. The van der Waals surface area contributed by atoms with E-state index in [1.54, 1.807) is 21.3 Å². The van der Waals surface area contributed by atoms with Crippen LogP contribution >= 0.6 is 0 Å². The van der Waals surface area contributed by atoms with Crippen molar-refractivity contribution >= 4 is 5.97 Å². The van der Waals surface area contributed by atoms with Crippen molar-refractivity contribution in [3.63, 3.8) is 0 Å². The third-order valence-corrected chi connectivity index (χ3v) is 6.08. The lowest BCUT2D eigenvalue weighted by atomic mass is 9.67. The van der Waals surface area contributed by atoms with Gasteiger partial charge in [-0.3, -0.25) is 4.79 Å². The lowest BCUT2D eigenvalue weighted by Gasteiger charge is -2.34. The fourth-order valence-corrected chi connectivity index (χ4v) is 4.79. The van der Waals surface area contributed by atoms with Crippen LogP contribution in [0.3, 0.4) is 0 Å². The second-order valence-corrected chi connectivity index (χ2v) is 7.46. The summed E-state index contributed by atoms with van der Waals surface area (Å²) in [5.74, 6) is 2.53. The van der Waals surface area contributed by atoms with Gasteiger partial charge in [-0.05, 0) is 47.4 Å². The van der Waals surface area contributed by atoms with E-state index in [2.05, 4.69) is 0 Å². The number of cyclic esters (lactones) is 1. The highest BCUT2D eigenvalue weighted by Gasteiger charge is 2.48. The summed E-state index contributed by atoms with van der Waals surface area (Å²) >= 11 is 0. The molecular weight excluding hydrogens is 376 g/mol. The maximum absolute atomic E-state index is 12.7. The molecule has 1 aliphatic carbocycles. The van der Waals surface area contributed by atoms with Gasteiger partial charge in [-0.2, -0.15) is 0 Å². The third kappa shape index (κ3) is 2.68. The predicted molar refractivity (Wildman–Crippen MR) is 102 cm³/mol. The first-order chi connectivity index (χ1) is 14.1. The number of ether oxygens (including phenoxy) is 6. The number of carbonyl (C=O) groups is 1. The van der Waals surface area contributed by atoms with Gasteiger partial charge in [0, 0.05) is 11.8 Å². The van der Waals surface area contributed by atoms with Crippen molar-refractivity contribution in [3.05, 3.63) is 41.0 Å². The van der Waals surface area contributed by atoms with Crippen molar-refractivity contribution in [1.29, 1.82) is 0 Å². The molecule has 152 valence electrons. The molecule has 0 unspecified atom stereocenters. The Morgan fingerprint density at radius 1 is 0.897 bits per heavy atom. The van der Waals surface area contributed by atoms with E-state index in [0.29, 0.717) is 29.6 Å². The summed E-state index contributed by atoms with van der Waals surface area (Å²) in [6, 6.07) is 7.84. The summed E-state index contributed by atoms with van der Waals surface area (Å²) in [7, 11) is 4.74. The van der Waals surface area contributed by atoms with Crippen molar-refractivity contribution in [2.24, 2.45) is 11.8 Å². The molecule has 5 rings (SSSR count). The Morgan fingerprint density at radius 2 is 1.59 bits per heavy atom. The van der Waals surface area contributed by atoms with Crippen LogP contribution in [-0.2, 0) is 16.0 Å². The van der Waals surface area contributed by atoms with Crippen LogP contribution in [0.25, 0.3) is 0 Å². The molecule has 2 aliphatic heterocycles. The minimum absolute atomic E-state index is 0.111. The normalized spacial score (nSPS) is 23.8. The van der Waals surface area contributed by atoms with Crippen molar-refractivity contribution < 1.29 is 33.2 Å². The van der Waals surface area contributed by atoms with E-state index in [0.717, 1.165) is 28.9 Å². The van der Waals surface area contributed by atoms with Crippen LogP contribution in [0.4, 0.5) is 0 Å². The summed E-state index contributed by atoms with van der Waals surface area (Å²) in [5, 5.41) is 0. The number of hydrogen-bond acceptors (Lipinski definition) is 7. The molecule has 1 fully saturated rings. The van der Waals surface area contributed by atoms with Gasteiger partial charge in [0.1, 0.15) is 0 Å². The molecule has 3 atom stereocenters. The number of carbonyl (C=O) groups excluding carboxylic acids is 1. The number of fused-ring (bicyclic) bond motifs is 3. The molecule has 3 aliphatic rings. The Kier molecular flexibility index (Phi) is 4.19. The Bertz CT molecular complexity index is 958. The van der Waals surface area contributed by atoms with Gasteiger partial charge in [-0.25, -0.2) is 0 Å².